The van der Waals surface area contributed by atoms with Crippen LogP contribution < -0.4 is 5.32 Å². The molecule has 2 N–H and O–H groups in total. The van der Waals surface area contributed by atoms with Gasteiger partial charge in [-0.25, -0.2) is 12.7 Å². The molecular formula is C14H20N2O5S. The van der Waals surface area contributed by atoms with Crippen LogP contribution in [0, 0.1) is 5.92 Å². The summed E-state index contributed by atoms with van der Waals surface area (Å²) >= 11 is 0. The number of benzene rings is 1. The van der Waals surface area contributed by atoms with E-state index < -0.39 is 10.0 Å². The van der Waals surface area contributed by atoms with Gasteiger partial charge in [0.15, 0.2) is 0 Å². The maximum atomic E-state index is 12.2. The van der Waals surface area contributed by atoms with E-state index in [-0.39, 0.29) is 28.2 Å². The molecule has 1 heterocycles. The van der Waals surface area contributed by atoms with Crippen molar-refractivity contribution in [3.63, 3.8) is 0 Å². The van der Waals surface area contributed by atoms with Gasteiger partial charge in [0.1, 0.15) is 5.75 Å². The number of phenolic OH excluding ortho intramolecular Hbond substituents is 1. The lowest BCUT2D eigenvalue weighted by Crippen LogP contribution is -2.28. The molecule has 1 aromatic rings. The van der Waals surface area contributed by atoms with Gasteiger partial charge < -0.3 is 15.2 Å². The molecule has 0 atom stereocenters. The van der Waals surface area contributed by atoms with E-state index in [1.54, 1.807) is 0 Å². The summed E-state index contributed by atoms with van der Waals surface area (Å²) < 4.78 is 30.5. The molecule has 122 valence electrons. The van der Waals surface area contributed by atoms with Crippen molar-refractivity contribution in [3.8, 4) is 5.75 Å². The van der Waals surface area contributed by atoms with Crippen LogP contribution in [0.3, 0.4) is 0 Å². The summed E-state index contributed by atoms with van der Waals surface area (Å²) in [5, 5.41) is 12.4. The molecule has 22 heavy (non-hydrogen) atoms. The fraction of sp³-hybridized carbons (Fsp3) is 0.500. The van der Waals surface area contributed by atoms with E-state index in [4.69, 9.17) is 4.74 Å². The highest BCUT2D eigenvalue weighted by Crippen LogP contribution is 2.28. The number of aromatic hydroxyl groups is 1. The molecule has 2 rings (SSSR count). The summed E-state index contributed by atoms with van der Waals surface area (Å²) in [7, 11) is -0.788. The Morgan fingerprint density at radius 3 is 2.55 bits per heavy atom. The second-order valence-corrected chi connectivity index (χ2v) is 7.49. The molecular weight excluding hydrogens is 308 g/mol. The molecule has 0 aliphatic carbocycles. The van der Waals surface area contributed by atoms with E-state index in [9.17, 15) is 18.3 Å². The monoisotopic (exact) mass is 328 g/mol. The Morgan fingerprint density at radius 1 is 1.32 bits per heavy atom. The van der Waals surface area contributed by atoms with Gasteiger partial charge in [0.25, 0.3) is 0 Å². The number of nitrogens with one attached hydrogen (secondary N) is 1. The van der Waals surface area contributed by atoms with E-state index in [2.05, 4.69) is 5.32 Å². The van der Waals surface area contributed by atoms with Crippen LogP contribution in [0.4, 0.5) is 5.69 Å². The molecule has 0 bridgehead atoms. The van der Waals surface area contributed by atoms with Crippen LogP contribution in [0.15, 0.2) is 23.1 Å². The first kappa shape index (κ1) is 16.7. The van der Waals surface area contributed by atoms with E-state index in [1.807, 2.05) is 0 Å². The molecule has 1 aliphatic rings. The number of carbonyl (C=O) groups excluding carboxylic acids is 1. The Hall–Kier alpha value is -1.64. The van der Waals surface area contributed by atoms with Crippen LogP contribution >= 0.6 is 0 Å². The minimum absolute atomic E-state index is 0.0116. The zero-order valence-corrected chi connectivity index (χ0v) is 13.4. The van der Waals surface area contributed by atoms with E-state index in [0.717, 1.165) is 4.31 Å². The number of phenols is 1. The Labute approximate surface area is 129 Å². The standard InChI is InChI=1S/C14H20N2O5S/c1-16(2)22(19,20)11-3-4-13(17)12(9-11)15-14(18)10-5-7-21-8-6-10/h3-4,9-10,17H,5-8H2,1-2H3,(H,15,18). The summed E-state index contributed by atoms with van der Waals surface area (Å²) in [4.78, 5) is 12.2. The van der Waals surface area contributed by atoms with Gasteiger partial charge in [0, 0.05) is 33.2 Å². The number of hydrogen-bond acceptors (Lipinski definition) is 5. The Morgan fingerprint density at radius 2 is 1.95 bits per heavy atom. The minimum Gasteiger partial charge on any atom is -0.506 e. The lowest BCUT2D eigenvalue weighted by molar-refractivity contribution is -0.122. The summed E-state index contributed by atoms with van der Waals surface area (Å²) in [6, 6.07) is 3.83. The number of anilines is 1. The number of sulfonamides is 1. The zero-order valence-electron chi connectivity index (χ0n) is 12.6. The first-order valence-electron chi connectivity index (χ1n) is 6.96. The number of amides is 1. The first-order valence-corrected chi connectivity index (χ1v) is 8.40. The summed E-state index contributed by atoms with van der Waals surface area (Å²) in [5.41, 5.74) is 0.0967. The molecule has 1 amide bonds. The molecule has 1 fully saturated rings. The molecule has 0 radical (unpaired) electrons. The zero-order chi connectivity index (χ0) is 16.3. The highest BCUT2D eigenvalue weighted by atomic mass is 32.2. The topological polar surface area (TPSA) is 95.9 Å². The maximum absolute atomic E-state index is 12.2. The fourth-order valence-corrected chi connectivity index (χ4v) is 3.11. The summed E-state index contributed by atoms with van der Waals surface area (Å²) in [6.07, 6.45) is 1.23. The van der Waals surface area contributed by atoms with Crippen LogP contribution in [-0.2, 0) is 19.6 Å². The predicted octanol–water partition coefficient (Wildman–Crippen LogP) is 1.01. The molecule has 0 saturated carbocycles. The minimum atomic E-state index is -3.63. The predicted molar refractivity (Wildman–Crippen MR) is 81.2 cm³/mol. The smallest absolute Gasteiger partial charge is 0.242 e. The Kier molecular flexibility index (Phi) is 5.05. The van der Waals surface area contributed by atoms with Crippen LogP contribution in [0.1, 0.15) is 12.8 Å². The van der Waals surface area contributed by atoms with Crippen LogP contribution in [0.2, 0.25) is 0 Å². The first-order chi connectivity index (χ1) is 10.3. The van der Waals surface area contributed by atoms with Crippen molar-refractivity contribution < 1.29 is 23.1 Å². The third-order valence-electron chi connectivity index (χ3n) is 3.60. The van der Waals surface area contributed by atoms with Gasteiger partial charge in [-0.15, -0.1) is 0 Å². The fourth-order valence-electron chi connectivity index (χ4n) is 2.18. The average molecular weight is 328 g/mol. The number of ether oxygens (including phenoxy) is 1. The average Bonchev–Trinajstić information content (AvgIpc) is 2.50. The van der Waals surface area contributed by atoms with E-state index in [0.29, 0.717) is 26.1 Å². The van der Waals surface area contributed by atoms with Crippen molar-refractivity contribution in [2.45, 2.75) is 17.7 Å². The van der Waals surface area contributed by atoms with Crippen molar-refractivity contribution in [1.82, 2.24) is 4.31 Å². The quantitative estimate of drug-likeness (QED) is 0.804. The van der Waals surface area contributed by atoms with Crippen molar-refractivity contribution >= 4 is 21.6 Å². The largest absolute Gasteiger partial charge is 0.506 e. The lowest BCUT2D eigenvalue weighted by Gasteiger charge is -2.21. The molecule has 1 aromatic carbocycles. The van der Waals surface area contributed by atoms with Crippen LogP contribution in [-0.4, -0.2) is 51.0 Å². The summed E-state index contributed by atoms with van der Waals surface area (Å²) in [6.45, 7) is 1.05. The number of hydrogen-bond donors (Lipinski definition) is 2. The van der Waals surface area contributed by atoms with Crippen molar-refractivity contribution in [2.24, 2.45) is 5.92 Å². The molecule has 8 heteroatoms. The molecule has 0 spiro atoms. The Balaban J connectivity index is 2.22. The van der Waals surface area contributed by atoms with Gasteiger partial charge in [0.05, 0.1) is 10.6 Å². The third kappa shape index (κ3) is 3.57. The molecule has 0 aromatic heterocycles. The normalized spacial score (nSPS) is 16.7. The second kappa shape index (κ2) is 6.64. The van der Waals surface area contributed by atoms with Crippen molar-refractivity contribution in [3.05, 3.63) is 18.2 Å². The Bertz CT molecular complexity index is 651. The number of nitrogens with zero attached hydrogens (tertiary/aromatic N) is 1. The maximum Gasteiger partial charge on any atom is 0.242 e. The van der Waals surface area contributed by atoms with E-state index >= 15 is 0 Å². The van der Waals surface area contributed by atoms with E-state index in [1.165, 1.54) is 32.3 Å². The lowest BCUT2D eigenvalue weighted by atomic mass is 9.99. The van der Waals surface area contributed by atoms with Gasteiger partial charge in [-0.2, -0.15) is 0 Å². The third-order valence-corrected chi connectivity index (χ3v) is 5.41. The van der Waals surface area contributed by atoms with Crippen LogP contribution in [0.5, 0.6) is 5.75 Å². The number of rotatable bonds is 4. The molecule has 7 nitrogen and oxygen atoms in total. The van der Waals surface area contributed by atoms with Crippen molar-refractivity contribution in [1.29, 1.82) is 0 Å². The number of carbonyl (C=O) groups is 1. The van der Waals surface area contributed by atoms with Gasteiger partial charge in [-0.3, -0.25) is 4.79 Å². The summed E-state index contributed by atoms with van der Waals surface area (Å²) in [5.74, 6) is -0.599. The van der Waals surface area contributed by atoms with Crippen molar-refractivity contribution in [2.75, 3.05) is 32.6 Å². The molecule has 1 aliphatic heterocycles. The van der Waals surface area contributed by atoms with Gasteiger partial charge in [0.2, 0.25) is 15.9 Å². The van der Waals surface area contributed by atoms with Gasteiger partial charge in [-0.1, -0.05) is 0 Å². The van der Waals surface area contributed by atoms with Crippen LogP contribution in [0.25, 0.3) is 0 Å². The second-order valence-electron chi connectivity index (χ2n) is 5.34. The van der Waals surface area contributed by atoms with Gasteiger partial charge >= 0.3 is 0 Å². The van der Waals surface area contributed by atoms with Gasteiger partial charge in [-0.05, 0) is 31.0 Å². The highest BCUT2D eigenvalue weighted by Gasteiger charge is 2.24. The SMILES string of the molecule is CN(C)S(=O)(=O)c1ccc(O)c(NC(=O)C2CCOCC2)c1. The molecule has 0 unspecified atom stereocenters. The molecule has 1 saturated heterocycles. The highest BCUT2D eigenvalue weighted by molar-refractivity contribution is 7.89.